The Labute approximate surface area is 127 Å². The lowest BCUT2D eigenvalue weighted by Gasteiger charge is -2.08. The van der Waals surface area contributed by atoms with Crippen LogP contribution in [0, 0.1) is 0 Å². The molecule has 0 radical (unpaired) electrons. The molecule has 0 aliphatic rings. The molecule has 0 saturated carbocycles. The molecule has 1 heterocycles. The molecule has 2 N–H and O–H groups in total. The lowest BCUT2D eigenvalue weighted by atomic mass is 10.2. The zero-order valence-electron chi connectivity index (χ0n) is 12.2. The maximum absolute atomic E-state index is 12.3. The molecule has 0 spiro atoms. The molecule has 5 heteroatoms. The van der Waals surface area contributed by atoms with E-state index in [9.17, 15) is 4.79 Å². The van der Waals surface area contributed by atoms with Gasteiger partial charge in [0.1, 0.15) is 0 Å². The van der Waals surface area contributed by atoms with Crippen LogP contribution in [0.15, 0.2) is 64.4 Å². The van der Waals surface area contributed by atoms with E-state index in [0.29, 0.717) is 23.3 Å². The molecule has 0 aliphatic carbocycles. The number of fused-ring (bicyclic) bond motifs is 1. The van der Waals surface area contributed by atoms with Crippen molar-refractivity contribution in [3.05, 3.63) is 76.3 Å². The number of benzene rings is 2. The molecule has 3 rings (SSSR count). The van der Waals surface area contributed by atoms with Gasteiger partial charge < -0.3 is 5.73 Å². The predicted molar refractivity (Wildman–Crippen MR) is 87.9 cm³/mol. The van der Waals surface area contributed by atoms with Gasteiger partial charge in [-0.3, -0.25) is 14.4 Å². The Hall–Kier alpha value is -2.95. The van der Waals surface area contributed by atoms with Crippen LogP contribution in [0.4, 0.5) is 0 Å². The van der Waals surface area contributed by atoms with Gasteiger partial charge in [-0.2, -0.15) is 0 Å². The highest BCUT2D eigenvalue weighted by Gasteiger charge is 2.10. The van der Waals surface area contributed by atoms with Crippen molar-refractivity contribution in [2.45, 2.75) is 6.54 Å². The zero-order valence-corrected chi connectivity index (χ0v) is 12.2. The summed E-state index contributed by atoms with van der Waals surface area (Å²) in [4.78, 5) is 21.1. The fourth-order valence-corrected chi connectivity index (χ4v) is 2.28. The van der Waals surface area contributed by atoms with Crippen molar-refractivity contribution in [3.63, 3.8) is 0 Å². The zero-order chi connectivity index (χ0) is 15.5. The number of aromatic nitrogens is 2. The Bertz CT molecular complexity index is 897. The molecule has 0 aliphatic heterocycles. The lowest BCUT2D eigenvalue weighted by molar-refractivity contribution is 0.823. The number of aliphatic imine (C=N–C) groups is 1. The Morgan fingerprint density at radius 1 is 1.14 bits per heavy atom. The van der Waals surface area contributed by atoms with Crippen molar-refractivity contribution in [3.8, 4) is 0 Å². The minimum Gasteiger partial charge on any atom is -0.381 e. The van der Waals surface area contributed by atoms with Crippen LogP contribution in [-0.4, -0.2) is 15.4 Å². The molecular formula is C17H16N4O. The quantitative estimate of drug-likeness (QED) is 0.591. The van der Waals surface area contributed by atoms with E-state index in [1.807, 2.05) is 42.5 Å². The highest BCUT2D eigenvalue weighted by molar-refractivity contribution is 5.95. The number of amidine groups is 1. The molecule has 0 fully saturated rings. The minimum absolute atomic E-state index is 0.126. The van der Waals surface area contributed by atoms with Crippen molar-refractivity contribution in [1.29, 1.82) is 0 Å². The Morgan fingerprint density at radius 2 is 1.82 bits per heavy atom. The van der Waals surface area contributed by atoms with Gasteiger partial charge in [-0.25, -0.2) is 4.98 Å². The van der Waals surface area contributed by atoms with Gasteiger partial charge in [-0.15, -0.1) is 0 Å². The summed E-state index contributed by atoms with van der Waals surface area (Å²) in [5.74, 6) is 0.647. The summed E-state index contributed by atoms with van der Waals surface area (Å²) in [5.41, 5.74) is 7.58. The van der Waals surface area contributed by atoms with E-state index in [-0.39, 0.29) is 11.4 Å². The van der Waals surface area contributed by atoms with Gasteiger partial charge in [0.05, 0.1) is 17.4 Å². The smallest absolute Gasteiger partial charge is 0.261 e. The van der Waals surface area contributed by atoms with Crippen molar-refractivity contribution in [2.24, 2.45) is 17.8 Å². The van der Waals surface area contributed by atoms with E-state index in [1.165, 1.54) is 4.57 Å². The van der Waals surface area contributed by atoms with E-state index in [1.54, 1.807) is 19.2 Å². The van der Waals surface area contributed by atoms with Gasteiger partial charge >= 0.3 is 0 Å². The third-order valence-electron chi connectivity index (χ3n) is 3.49. The number of para-hydroxylation sites is 1. The second kappa shape index (κ2) is 5.81. The number of nitrogens with two attached hydrogens (primary N) is 1. The van der Waals surface area contributed by atoms with Crippen LogP contribution in [0.3, 0.4) is 0 Å². The summed E-state index contributed by atoms with van der Waals surface area (Å²) in [6, 6.07) is 17.0. The average Bonchev–Trinajstić information content (AvgIpc) is 2.57. The lowest BCUT2D eigenvalue weighted by Crippen LogP contribution is -2.29. The fraction of sp³-hybridized carbons (Fsp3) is 0.118. The first-order valence-corrected chi connectivity index (χ1v) is 6.97. The first kappa shape index (κ1) is 14.0. The standard InChI is InChI=1S/C17H16N4O/c1-21-16(15(18)19-11-12-7-3-2-4-8-12)20-14-10-6-5-9-13(14)17(21)22/h2-10H,11H2,1H3,(H2,18,19). The van der Waals surface area contributed by atoms with Gasteiger partial charge in [-0.1, -0.05) is 42.5 Å². The molecule has 1 aromatic heterocycles. The second-order valence-corrected chi connectivity index (χ2v) is 5.00. The van der Waals surface area contributed by atoms with Crippen LogP contribution in [0.2, 0.25) is 0 Å². The van der Waals surface area contributed by atoms with Crippen LogP contribution in [0.1, 0.15) is 11.4 Å². The first-order valence-electron chi connectivity index (χ1n) is 6.97. The van der Waals surface area contributed by atoms with Gasteiger partial charge in [0.25, 0.3) is 5.56 Å². The molecule has 0 amide bonds. The average molecular weight is 292 g/mol. The minimum atomic E-state index is -0.126. The van der Waals surface area contributed by atoms with Crippen LogP contribution in [0.5, 0.6) is 0 Å². The molecule has 2 aromatic carbocycles. The predicted octanol–water partition coefficient (Wildman–Crippen LogP) is 1.84. The molecule has 5 nitrogen and oxygen atoms in total. The normalized spacial score (nSPS) is 11.8. The fourth-order valence-electron chi connectivity index (χ4n) is 2.28. The van der Waals surface area contributed by atoms with E-state index < -0.39 is 0 Å². The molecule has 0 bridgehead atoms. The summed E-state index contributed by atoms with van der Waals surface area (Å²) in [7, 11) is 1.65. The summed E-state index contributed by atoms with van der Waals surface area (Å²) < 4.78 is 1.44. The van der Waals surface area contributed by atoms with Crippen molar-refractivity contribution < 1.29 is 0 Å². The van der Waals surface area contributed by atoms with Gasteiger partial charge in [0, 0.05) is 7.05 Å². The molecule has 0 unspecified atom stereocenters. The Balaban J connectivity index is 2.02. The van der Waals surface area contributed by atoms with Crippen molar-refractivity contribution in [2.75, 3.05) is 0 Å². The third kappa shape index (κ3) is 2.61. The summed E-state index contributed by atoms with van der Waals surface area (Å²) in [5, 5.41) is 0.574. The van der Waals surface area contributed by atoms with Crippen LogP contribution in [0.25, 0.3) is 10.9 Å². The van der Waals surface area contributed by atoms with Gasteiger partial charge in [0.2, 0.25) is 0 Å². The summed E-state index contributed by atoms with van der Waals surface area (Å²) in [6.45, 7) is 0.454. The summed E-state index contributed by atoms with van der Waals surface area (Å²) >= 11 is 0. The van der Waals surface area contributed by atoms with Gasteiger partial charge in [0.15, 0.2) is 11.7 Å². The highest BCUT2D eigenvalue weighted by Crippen LogP contribution is 2.07. The van der Waals surface area contributed by atoms with E-state index in [4.69, 9.17) is 5.73 Å². The van der Waals surface area contributed by atoms with E-state index in [2.05, 4.69) is 9.98 Å². The van der Waals surface area contributed by atoms with Crippen molar-refractivity contribution in [1.82, 2.24) is 9.55 Å². The number of nitrogens with zero attached hydrogens (tertiary/aromatic N) is 3. The monoisotopic (exact) mass is 292 g/mol. The third-order valence-corrected chi connectivity index (χ3v) is 3.49. The maximum atomic E-state index is 12.3. The maximum Gasteiger partial charge on any atom is 0.261 e. The molecular weight excluding hydrogens is 276 g/mol. The molecule has 110 valence electrons. The van der Waals surface area contributed by atoms with Crippen LogP contribution >= 0.6 is 0 Å². The topological polar surface area (TPSA) is 73.3 Å². The number of rotatable bonds is 3. The number of hydrogen-bond donors (Lipinski definition) is 1. The molecule has 0 atom stereocenters. The Kier molecular flexibility index (Phi) is 3.70. The van der Waals surface area contributed by atoms with Crippen molar-refractivity contribution >= 4 is 16.7 Å². The highest BCUT2D eigenvalue weighted by atomic mass is 16.1. The molecule has 0 saturated heterocycles. The largest absolute Gasteiger partial charge is 0.381 e. The van der Waals surface area contributed by atoms with E-state index >= 15 is 0 Å². The second-order valence-electron chi connectivity index (χ2n) is 5.00. The molecule has 22 heavy (non-hydrogen) atoms. The summed E-state index contributed by atoms with van der Waals surface area (Å²) in [6.07, 6.45) is 0. The van der Waals surface area contributed by atoms with Crippen LogP contribution in [-0.2, 0) is 13.6 Å². The Morgan fingerprint density at radius 3 is 2.59 bits per heavy atom. The van der Waals surface area contributed by atoms with E-state index in [0.717, 1.165) is 5.56 Å². The molecule has 3 aromatic rings. The first-order chi connectivity index (χ1) is 10.7. The van der Waals surface area contributed by atoms with Gasteiger partial charge in [-0.05, 0) is 17.7 Å². The number of hydrogen-bond acceptors (Lipinski definition) is 3. The SMILES string of the molecule is Cn1c(C(N)=NCc2ccccc2)nc2ccccc2c1=O. The van der Waals surface area contributed by atoms with Crippen LogP contribution < -0.4 is 11.3 Å².